The summed E-state index contributed by atoms with van der Waals surface area (Å²) in [5.74, 6) is 0.318. The standard InChI is InChI=1S/C14H14N2O3/c1-9(17)12-7-8-13(16-12)14(18)15-10-3-5-11(19-2)6-4-10/h3-8,16H,1-2H3,(H,15,18). The van der Waals surface area contributed by atoms with Crippen LogP contribution in [0, 0.1) is 0 Å². The molecule has 0 aliphatic heterocycles. The van der Waals surface area contributed by atoms with Gasteiger partial charge in [-0.2, -0.15) is 0 Å². The molecule has 1 heterocycles. The van der Waals surface area contributed by atoms with Crippen LogP contribution in [0.3, 0.4) is 0 Å². The van der Waals surface area contributed by atoms with Gasteiger partial charge < -0.3 is 15.0 Å². The first-order valence-corrected chi connectivity index (χ1v) is 5.75. The summed E-state index contributed by atoms with van der Waals surface area (Å²) in [7, 11) is 1.58. The summed E-state index contributed by atoms with van der Waals surface area (Å²) in [5.41, 5.74) is 1.42. The Bertz CT molecular complexity index is 599. The molecule has 2 N–H and O–H groups in total. The number of Topliss-reactive ketones (excluding diaryl/α,β-unsaturated/α-hetero) is 1. The van der Waals surface area contributed by atoms with Crippen molar-refractivity contribution >= 4 is 17.4 Å². The quantitative estimate of drug-likeness (QED) is 0.827. The molecular weight excluding hydrogens is 244 g/mol. The Balaban J connectivity index is 2.08. The molecule has 0 aliphatic rings. The number of nitrogens with one attached hydrogen (secondary N) is 2. The predicted molar refractivity (Wildman–Crippen MR) is 71.7 cm³/mol. The number of amides is 1. The highest BCUT2D eigenvalue weighted by atomic mass is 16.5. The number of benzene rings is 1. The van der Waals surface area contributed by atoms with Crippen molar-refractivity contribution in [1.29, 1.82) is 0 Å². The number of hydrogen-bond donors (Lipinski definition) is 2. The number of methoxy groups -OCH3 is 1. The van der Waals surface area contributed by atoms with Crippen molar-refractivity contribution in [2.45, 2.75) is 6.92 Å². The number of carbonyl (C=O) groups excluding carboxylic acids is 2. The molecule has 0 aliphatic carbocycles. The minimum absolute atomic E-state index is 0.108. The maximum Gasteiger partial charge on any atom is 0.272 e. The van der Waals surface area contributed by atoms with Crippen LogP contribution >= 0.6 is 0 Å². The molecule has 1 aromatic carbocycles. The van der Waals surface area contributed by atoms with Crippen molar-refractivity contribution in [3.8, 4) is 5.75 Å². The van der Waals surface area contributed by atoms with Crippen LogP contribution in [0.25, 0.3) is 0 Å². The van der Waals surface area contributed by atoms with Crippen molar-refractivity contribution in [2.24, 2.45) is 0 Å². The van der Waals surface area contributed by atoms with Crippen LogP contribution in [0.2, 0.25) is 0 Å². The maximum atomic E-state index is 11.9. The number of ether oxygens (including phenoxy) is 1. The topological polar surface area (TPSA) is 71.2 Å². The molecule has 98 valence electrons. The summed E-state index contributed by atoms with van der Waals surface area (Å²) in [6.45, 7) is 1.44. The molecule has 2 rings (SSSR count). The Kier molecular flexibility index (Phi) is 3.66. The van der Waals surface area contributed by atoms with E-state index in [-0.39, 0.29) is 11.7 Å². The van der Waals surface area contributed by atoms with E-state index in [0.29, 0.717) is 17.1 Å². The van der Waals surface area contributed by atoms with Gasteiger partial charge in [0.05, 0.1) is 12.8 Å². The van der Waals surface area contributed by atoms with Crippen molar-refractivity contribution in [3.05, 3.63) is 47.8 Å². The van der Waals surface area contributed by atoms with Crippen LogP contribution in [-0.4, -0.2) is 23.8 Å². The lowest BCUT2D eigenvalue weighted by Crippen LogP contribution is -2.12. The van der Waals surface area contributed by atoms with Gasteiger partial charge in [0.15, 0.2) is 5.78 Å². The lowest BCUT2D eigenvalue weighted by molar-refractivity contribution is 0.101. The van der Waals surface area contributed by atoms with E-state index in [0.717, 1.165) is 5.75 Å². The maximum absolute atomic E-state index is 11.9. The normalized spacial score (nSPS) is 10.0. The second-order valence-corrected chi connectivity index (χ2v) is 4.02. The monoisotopic (exact) mass is 258 g/mol. The number of rotatable bonds is 4. The highest BCUT2D eigenvalue weighted by molar-refractivity contribution is 6.04. The van der Waals surface area contributed by atoms with Crippen LogP contribution in [0.1, 0.15) is 27.9 Å². The molecule has 0 spiro atoms. The molecule has 5 heteroatoms. The van der Waals surface area contributed by atoms with Crippen LogP contribution in [0.4, 0.5) is 5.69 Å². The number of H-pyrrole nitrogens is 1. The molecule has 0 atom stereocenters. The summed E-state index contributed by atoms with van der Waals surface area (Å²) in [5, 5.41) is 2.72. The fourth-order valence-corrected chi connectivity index (χ4v) is 1.61. The third-order valence-electron chi connectivity index (χ3n) is 2.66. The molecule has 0 radical (unpaired) electrons. The molecule has 0 fully saturated rings. The second kappa shape index (κ2) is 5.39. The van der Waals surface area contributed by atoms with Gasteiger partial charge in [-0.1, -0.05) is 0 Å². The van der Waals surface area contributed by atoms with Gasteiger partial charge in [0.25, 0.3) is 5.91 Å². The van der Waals surface area contributed by atoms with Crippen LogP contribution in [0.15, 0.2) is 36.4 Å². The highest BCUT2D eigenvalue weighted by Crippen LogP contribution is 2.15. The molecule has 5 nitrogen and oxygen atoms in total. The molecule has 2 aromatic rings. The fourth-order valence-electron chi connectivity index (χ4n) is 1.61. The van der Waals surface area contributed by atoms with E-state index in [1.54, 1.807) is 43.5 Å². The number of ketones is 1. The Morgan fingerprint density at radius 2 is 1.68 bits per heavy atom. The Morgan fingerprint density at radius 1 is 1.05 bits per heavy atom. The van der Waals surface area contributed by atoms with E-state index < -0.39 is 0 Å². The van der Waals surface area contributed by atoms with Crippen LogP contribution < -0.4 is 10.1 Å². The first-order chi connectivity index (χ1) is 9.10. The van der Waals surface area contributed by atoms with Crippen LogP contribution in [0.5, 0.6) is 5.75 Å². The summed E-state index contributed by atoms with van der Waals surface area (Å²) in [4.78, 5) is 25.8. The average Bonchev–Trinajstić information content (AvgIpc) is 2.89. The number of hydrogen-bond acceptors (Lipinski definition) is 3. The summed E-state index contributed by atoms with van der Waals surface area (Å²) >= 11 is 0. The number of aromatic amines is 1. The Hall–Kier alpha value is -2.56. The number of anilines is 1. The van der Waals surface area contributed by atoms with E-state index in [9.17, 15) is 9.59 Å². The molecule has 1 amide bonds. The fraction of sp³-hybridized carbons (Fsp3) is 0.143. The van der Waals surface area contributed by atoms with Crippen molar-refractivity contribution in [3.63, 3.8) is 0 Å². The first-order valence-electron chi connectivity index (χ1n) is 5.75. The SMILES string of the molecule is COc1ccc(NC(=O)c2ccc(C(C)=O)[nH]2)cc1. The lowest BCUT2D eigenvalue weighted by Gasteiger charge is -2.05. The zero-order chi connectivity index (χ0) is 13.8. The summed E-state index contributed by atoms with van der Waals surface area (Å²) in [6, 6.07) is 10.2. The molecular formula is C14H14N2O3. The number of aromatic nitrogens is 1. The third-order valence-corrected chi connectivity index (χ3v) is 2.66. The van der Waals surface area contributed by atoms with Crippen molar-refractivity contribution in [2.75, 3.05) is 12.4 Å². The van der Waals surface area contributed by atoms with E-state index in [1.807, 2.05) is 0 Å². The van der Waals surface area contributed by atoms with Crippen molar-refractivity contribution in [1.82, 2.24) is 4.98 Å². The van der Waals surface area contributed by atoms with Gasteiger partial charge >= 0.3 is 0 Å². The van der Waals surface area contributed by atoms with Gasteiger partial charge in [-0.25, -0.2) is 0 Å². The predicted octanol–water partition coefficient (Wildman–Crippen LogP) is 2.48. The molecule has 1 aromatic heterocycles. The molecule has 0 saturated heterocycles. The van der Waals surface area contributed by atoms with E-state index in [4.69, 9.17) is 4.74 Å². The van der Waals surface area contributed by atoms with Crippen LogP contribution in [-0.2, 0) is 0 Å². The minimum Gasteiger partial charge on any atom is -0.497 e. The highest BCUT2D eigenvalue weighted by Gasteiger charge is 2.10. The van der Waals surface area contributed by atoms with E-state index in [1.165, 1.54) is 6.92 Å². The second-order valence-electron chi connectivity index (χ2n) is 4.02. The Labute approximate surface area is 110 Å². The lowest BCUT2D eigenvalue weighted by atomic mass is 10.3. The zero-order valence-corrected chi connectivity index (χ0v) is 10.7. The van der Waals surface area contributed by atoms with Gasteiger partial charge in [0, 0.05) is 12.6 Å². The van der Waals surface area contributed by atoms with E-state index >= 15 is 0 Å². The molecule has 0 unspecified atom stereocenters. The van der Waals surface area contributed by atoms with Gasteiger partial charge in [0.1, 0.15) is 11.4 Å². The smallest absolute Gasteiger partial charge is 0.272 e. The van der Waals surface area contributed by atoms with Gasteiger partial charge in [0.2, 0.25) is 0 Å². The van der Waals surface area contributed by atoms with E-state index in [2.05, 4.69) is 10.3 Å². The largest absolute Gasteiger partial charge is 0.497 e. The number of carbonyl (C=O) groups is 2. The summed E-state index contributed by atoms with van der Waals surface area (Å²) in [6.07, 6.45) is 0. The minimum atomic E-state index is -0.294. The third kappa shape index (κ3) is 3.01. The van der Waals surface area contributed by atoms with Gasteiger partial charge in [-0.05, 0) is 36.4 Å². The Morgan fingerprint density at radius 3 is 2.21 bits per heavy atom. The average molecular weight is 258 g/mol. The molecule has 0 bridgehead atoms. The summed E-state index contributed by atoms with van der Waals surface area (Å²) < 4.78 is 5.03. The zero-order valence-electron chi connectivity index (χ0n) is 10.7. The molecule has 0 saturated carbocycles. The first kappa shape index (κ1) is 12.9. The van der Waals surface area contributed by atoms with Crippen molar-refractivity contribution < 1.29 is 14.3 Å². The molecule has 19 heavy (non-hydrogen) atoms. The van der Waals surface area contributed by atoms with Gasteiger partial charge in [-0.3, -0.25) is 9.59 Å². The van der Waals surface area contributed by atoms with Gasteiger partial charge in [-0.15, -0.1) is 0 Å².